The Hall–Kier alpha value is -0.935. The minimum absolute atomic E-state index is 0.324. The van der Waals surface area contributed by atoms with Crippen LogP contribution in [0.4, 0.5) is 0 Å². The van der Waals surface area contributed by atoms with Crippen LogP contribution in [0, 0.1) is 0 Å². The maximum Gasteiger partial charge on any atom is 0.320 e. The molecule has 2 atom stereocenters. The first-order chi connectivity index (χ1) is 7.65. The van der Waals surface area contributed by atoms with Crippen LogP contribution in [-0.4, -0.2) is 36.8 Å². The maximum absolute atomic E-state index is 10.8. The van der Waals surface area contributed by atoms with Gasteiger partial charge in [0.25, 0.3) is 0 Å². The lowest BCUT2D eigenvalue weighted by Gasteiger charge is -2.08. The van der Waals surface area contributed by atoms with Crippen LogP contribution >= 0.6 is 11.8 Å². The van der Waals surface area contributed by atoms with Crippen molar-refractivity contribution in [1.29, 1.82) is 0 Å². The van der Waals surface area contributed by atoms with Gasteiger partial charge >= 0.3 is 5.97 Å². The number of hydrogen-bond donors (Lipinski definition) is 2. The number of carboxylic acids is 1. The van der Waals surface area contributed by atoms with Gasteiger partial charge in [-0.2, -0.15) is 0 Å². The van der Waals surface area contributed by atoms with Crippen molar-refractivity contribution in [3.63, 3.8) is 0 Å². The molecule has 16 heavy (non-hydrogen) atoms. The van der Waals surface area contributed by atoms with Gasteiger partial charge in [-0.3, -0.25) is 4.79 Å². The van der Waals surface area contributed by atoms with Gasteiger partial charge in [0, 0.05) is 16.7 Å². The number of benzene rings is 1. The number of aliphatic carboxylic acids is 1. The van der Waals surface area contributed by atoms with E-state index in [9.17, 15) is 4.79 Å². The Balaban J connectivity index is 1.92. The topological polar surface area (TPSA) is 49.3 Å². The van der Waals surface area contributed by atoms with Crippen molar-refractivity contribution >= 4 is 31.0 Å². The average molecular weight is 233 g/mol. The molecule has 1 heterocycles. The van der Waals surface area contributed by atoms with Crippen LogP contribution in [0.15, 0.2) is 29.2 Å². The largest absolute Gasteiger partial charge is 0.480 e. The van der Waals surface area contributed by atoms with Crippen LogP contribution in [-0.2, 0) is 4.79 Å². The predicted octanol–water partition coefficient (Wildman–Crippen LogP) is 0.388. The summed E-state index contributed by atoms with van der Waals surface area (Å²) in [6.07, 6.45) is 0.671. The third kappa shape index (κ3) is 2.80. The van der Waals surface area contributed by atoms with Crippen molar-refractivity contribution < 1.29 is 9.90 Å². The van der Waals surface area contributed by atoms with E-state index in [0.29, 0.717) is 11.7 Å². The lowest BCUT2D eigenvalue weighted by molar-refractivity contribution is -0.139. The summed E-state index contributed by atoms with van der Waals surface area (Å²) in [5.41, 5.74) is 0.748. The highest BCUT2D eigenvalue weighted by Crippen LogP contribution is 2.28. The Morgan fingerprint density at radius 1 is 1.44 bits per heavy atom. The van der Waals surface area contributed by atoms with E-state index in [2.05, 4.69) is 5.32 Å². The summed E-state index contributed by atoms with van der Waals surface area (Å²) >= 11 is 1.70. The zero-order valence-electron chi connectivity index (χ0n) is 8.72. The molecule has 5 heteroatoms. The number of nitrogens with one attached hydrogen (secondary N) is 1. The van der Waals surface area contributed by atoms with Gasteiger partial charge in [-0.25, -0.2) is 0 Å². The van der Waals surface area contributed by atoms with Crippen molar-refractivity contribution in [2.24, 2.45) is 0 Å². The van der Waals surface area contributed by atoms with Crippen molar-refractivity contribution in [2.45, 2.75) is 22.6 Å². The molecule has 82 valence electrons. The molecule has 1 saturated heterocycles. The summed E-state index contributed by atoms with van der Waals surface area (Å²) in [5.74, 6) is -0.764. The molecule has 0 aliphatic carbocycles. The second kappa shape index (κ2) is 4.93. The molecule has 2 rings (SSSR count). The van der Waals surface area contributed by atoms with E-state index in [1.807, 2.05) is 24.3 Å². The fourth-order valence-corrected chi connectivity index (χ4v) is 2.87. The molecule has 0 bridgehead atoms. The molecular formula is C11H12BNO2S. The van der Waals surface area contributed by atoms with Gasteiger partial charge in [0.1, 0.15) is 13.9 Å². The van der Waals surface area contributed by atoms with E-state index in [4.69, 9.17) is 13.0 Å². The second-order valence-electron chi connectivity index (χ2n) is 3.84. The molecule has 3 nitrogen and oxygen atoms in total. The summed E-state index contributed by atoms with van der Waals surface area (Å²) in [4.78, 5) is 11.9. The number of hydrogen-bond acceptors (Lipinski definition) is 3. The van der Waals surface area contributed by atoms with E-state index < -0.39 is 12.0 Å². The van der Waals surface area contributed by atoms with Gasteiger partial charge in [-0.1, -0.05) is 17.6 Å². The Morgan fingerprint density at radius 2 is 2.12 bits per heavy atom. The summed E-state index contributed by atoms with van der Waals surface area (Å²) < 4.78 is 0. The first kappa shape index (κ1) is 11.5. The third-order valence-electron chi connectivity index (χ3n) is 2.57. The molecule has 1 aromatic carbocycles. The molecule has 0 saturated carbocycles. The quantitative estimate of drug-likeness (QED) is 0.741. The first-order valence-corrected chi connectivity index (χ1v) is 6.01. The van der Waals surface area contributed by atoms with Crippen LogP contribution in [0.1, 0.15) is 6.42 Å². The van der Waals surface area contributed by atoms with Crippen LogP contribution < -0.4 is 10.8 Å². The molecule has 1 fully saturated rings. The van der Waals surface area contributed by atoms with E-state index in [0.717, 1.165) is 16.9 Å². The first-order valence-electron chi connectivity index (χ1n) is 5.13. The molecule has 0 aromatic heterocycles. The van der Waals surface area contributed by atoms with E-state index in [-0.39, 0.29) is 0 Å². The van der Waals surface area contributed by atoms with Crippen molar-refractivity contribution in [3.8, 4) is 0 Å². The lowest BCUT2D eigenvalue weighted by atomic mass is 9.97. The van der Waals surface area contributed by atoms with Crippen molar-refractivity contribution in [1.82, 2.24) is 5.32 Å². The van der Waals surface area contributed by atoms with Gasteiger partial charge in [0.15, 0.2) is 0 Å². The highest BCUT2D eigenvalue weighted by Gasteiger charge is 2.29. The monoisotopic (exact) mass is 233 g/mol. The Labute approximate surface area is 100 Å². The fourth-order valence-electron chi connectivity index (χ4n) is 1.72. The minimum Gasteiger partial charge on any atom is -0.480 e. The number of carbonyl (C=O) groups is 1. The molecule has 2 N–H and O–H groups in total. The normalized spacial score (nSPS) is 24.5. The van der Waals surface area contributed by atoms with Crippen LogP contribution in [0.3, 0.4) is 0 Å². The fraction of sp³-hybridized carbons (Fsp3) is 0.364. The third-order valence-corrected chi connectivity index (χ3v) is 3.81. The molecule has 1 aromatic rings. The molecule has 0 unspecified atom stereocenters. The van der Waals surface area contributed by atoms with E-state index in [1.165, 1.54) is 0 Å². The zero-order chi connectivity index (χ0) is 11.5. The summed E-state index contributed by atoms with van der Waals surface area (Å²) in [5, 5.41) is 12.2. The molecule has 2 radical (unpaired) electrons. The molecular weight excluding hydrogens is 221 g/mol. The summed E-state index contributed by atoms with van der Waals surface area (Å²) in [7, 11) is 5.60. The smallest absolute Gasteiger partial charge is 0.320 e. The molecule has 0 amide bonds. The molecule has 1 aliphatic rings. The van der Waals surface area contributed by atoms with E-state index in [1.54, 1.807) is 11.8 Å². The average Bonchev–Trinajstić information content (AvgIpc) is 2.70. The van der Waals surface area contributed by atoms with Crippen LogP contribution in [0.5, 0.6) is 0 Å². The van der Waals surface area contributed by atoms with Crippen LogP contribution in [0.25, 0.3) is 0 Å². The van der Waals surface area contributed by atoms with Gasteiger partial charge in [-0.05, 0) is 18.6 Å². The lowest BCUT2D eigenvalue weighted by Crippen LogP contribution is -2.29. The Bertz CT molecular complexity index is 382. The van der Waals surface area contributed by atoms with Gasteiger partial charge in [0.2, 0.25) is 0 Å². The van der Waals surface area contributed by atoms with Crippen molar-refractivity contribution in [2.75, 3.05) is 6.54 Å². The van der Waals surface area contributed by atoms with Crippen LogP contribution in [0.2, 0.25) is 0 Å². The highest BCUT2D eigenvalue weighted by atomic mass is 32.2. The van der Waals surface area contributed by atoms with Gasteiger partial charge < -0.3 is 10.4 Å². The number of thioether (sulfide) groups is 1. The molecule has 0 spiro atoms. The van der Waals surface area contributed by atoms with E-state index >= 15 is 0 Å². The zero-order valence-corrected chi connectivity index (χ0v) is 9.54. The van der Waals surface area contributed by atoms with Crippen molar-refractivity contribution in [3.05, 3.63) is 24.3 Å². The number of carboxylic acid groups (broad SMARTS) is 1. The second-order valence-corrected chi connectivity index (χ2v) is 5.22. The summed E-state index contributed by atoms with van der Waals surface area (Å²) in [6.45, 7) is 0.742. The highest BCUT2D eigenvalue weighted by molar-refractivity contribution is 8.00. The number of rotatable bonds is 3. The van der Waals surface area contributed by atoms with Gasteiger partial charge in [-0.15, -0.1) is 11.8 Å². The molecule has 1 aliphatic heterocycles. The predicted molar refractivity (Wildman–Crippen MR) is 65.5 cm³/mol. The minimum atomic E-state index is -0.764. The SMILES string of the molecule is [B]c1ccc(S[C@@H]2CN[C@H](C(=O)O)C2)cc1. The Morgan fingerprint density at radius 3 is 2.69 bits per heavy atom. The standard InChI is InChI=1S/C11H12BNO2S/c12-7-1-3-8(4-2-7)16-9-5-10(11(14)15)13-6-9/h1-4,9-10,13H,5-6H2,(H,14,15)/t9-,10-/m0/s1. The summed E-state index contributed by atoms with van der Waals surface area (Å²) in [6, 6.07) is 7.26. The Kier molecular flexibility index (Phi) is 3.56. The maximum atomic E-state index is 10.8. The van der Waals surface area contributed by atoms with Gasteiger partial charge in [0.05, 0.1) is 0 Å².